The first-order chi connectivity index (χ1) is 14.1. The van der Waals surface area contributed by atoms with Gasteiger partial charge in [-0.3, -0.25) is 9.59 Å². The van der Waals surface area contributed by atoms with Gasteiger partial charge in [0, 0.05) is 23.9 Å². The molecule has 3 aromatic rings. The summed E-state index contributed by atoms with van der Waals surface area (Å²) in [6.07, 6.45) is 4.66. The lowest BCUT2D eigenvalue weighted by Gasteiger charge is -2.32. The van der Waals surface area contributed by atoms with E-state index in [-0.39, 0.29) is 5.91 Å². The zero-order valence-corrected chi connectivity index (χ0v) is 15.8. The predicted octanol–water partition coefficient (Wildman–Crippen LogP) is 3.34. The van der Waals surface area contributed by atoms with Crippen LogP contribution < -0.4 is 11.1 Å². The number of carbonyl (C=O) groups is 2. The van der Waals surface area contributed by atoms with Gasteiger partial charge in [0.1, 0.15) is 6.17 Å². The first kappa shape index (κ1) is 18.5. The van der Waals surface area contributed by atoms with Gasteiger partial charge in [0.2, 0.25) is 5.91 Å². The second kappa shape index (κ2) is 8.02. The molecular formula is C24H21N3O2. The molecule has 5 heteroatoms. The molecule has 0 saturated carbocycles. The van der Waals surface area contributed by atoms with Crippen LogP contribution >= 0.6 is 0 Å². The van der Waals surface area contributed by atoms with E-state index in [1.165, 1.54) is 0 Å². The normalized spacial score (nSPS) is 15.8. The molecule has 0 aromatic heterocycles. The second-order valence-electron chi connectivity index (χ2n) is 6.90. The molecule has 0 fully saturated rings. The van der Waals surface area contributed by atoms with E-state index in [2.05, 4.69) is 5.32 Å². The molecule has 0 saturated heterocycles. The van der Waals surface area contributed by atoms with E-state index in [9.17, 15) is 9.59 Å². The molecule has 2 amide bonds. The van der Waals surface area contributed by atoms with E-state index >= 15 is 0 Å². The number of primary amides is 1. The summed E-state index contributed by atoms with van der Waals surface area (Å²) in [5.74, 6) is -0.731. The summed E-state index contributed by atoms with van der Waals surface area (Å²) >= 11 is 0. The van der Waals surface area contributed by atoms with Gasteiger partial charge >= 0.3 is 0 Å². The molecular weight excluding hydrogens is 362 g/mol. The molecule has 144 valence electrons. The summed E-state index contributed by atoms with van der Waals surface area (Å²) in [4.78, 5) is 26.7. The largest absolute Gasteiger partial charge is 0.366 e. The maximum Gasteiger partial charge on any atom is 0.253 e. The summed E-state index contributed by atoms with van der Waals surface area (Å²) in [5.41, 5.74) is 7.51. The van der Waals surface area contributed by atoms with Crippen LogP contribution in [0.2, 0.25) is 0 Å². The lowest BCUT2D eigenvalue weighted by atomic mass is 10.0. The van der Waals surface area contributed by atoms with Crippen LogP contribution in [0.25, 0.3) is 10.8 Å². The van der Waals surface area contributed by atoms with Gasteiger partial charge in [-0.05, 0) is 34.6 Å². The SMILES string of the molecule is NC(=O)C1=CC(NC(=O)c2cccc3ccccc23)N(Cc2ccccc2)C=C1. The Morgan fingerprint density at radius 1 is 0.931 bits per heavy atom. The topological polar surface area (TPSA) is 75.4 Å². The van der Waals surface area contributed by atoms with Crippen molar-refractivity contribution in [3.63, 3.8) is 0 Å². The monoisotopic (exact) mass is 383 g/mol. The molecule has 1 atom stereocenters. The fraction of sp³-hybridized carbons (Fsp3) is 0.0833. The van der Waals surface area contributed by atoms with Crippen LogP contribution in [0, 0.1) is 0 Å². The highest BCUT2D eigenvalue weighted by molar-refractivity contribution is 6.07. The van der Waals surface area contributed by atoms with E-state index in [0.29, 0.717) is 17.7 Å². The van der Waals surface area contributed by atoms with Gasteiger partial charge in [0.15, 0.2) is 0 Å². The van der Waals surface area contributed by atoms with Gasteiger partial charge in [-0.2, -0.15) is 0 Å². The van der Waals surface area contributed by atoms with Crippen molar-refractivity contribution < 1.29 is 9.59 Å². The standard InChI is InChI=1S/C24H21N3O2/c25-23(28)19-13-14-27(16-17-7-2-1-3-8-17)22(15-19)26-24(29)21-12-6-10-18-9-4-5-11-20(18)21/h1-15,22H,16H2,(H2,25,28)(H,26,29). The molecule has 3 aromatic carbocycles. The summed E-state index contributed by atoms with van der Waals surface area (Å²) < 4.78 is 0. The minimum Gasteiger partial charge on any atom is -0.366 e. The highest BCUT2D eigenvalue weighted by Crippen LogP contribution is 2.20. The Kier molecular flexibility index (Phi) is 5.12. The number of rotatable bonds is 5. The number of benzene rings is 3. The Bertz CT molecular complexity index is 1110. The third-order valence-electron chi connectivity index (χ3n) is 4.95. The van der Waals surface area contributed by atoms with E-state index < -0.39 is 12.1 Å². The number of hydrogen-bond acceptors (Lipinski definition) is 3. The molecule has 5 nitrogen and oxygen atoms in total. The third kappa shape index (κ3) is 4.04. The Morgan fingerprint density at radius 3 is 2.45 bits per heavy atom. The fourth-order valence-electron chi connectivity index (χ4n) is 3.46. The van der Waals surface area contributed by atoms with Gasteiger partial charge in [0.25, 0.3) is 5.91 Å². The maximum atomic E-state index is 13.1. The lowest BCUT2D eigenvalue weighted by molar-refractivity contribution is -0.114. The van der Waals surface area contributed by atoms with Crippen molar-refractivity contribution in [1.82, 2.24) is 10.2 Å². The minimum atomic E-state index is -0.523. The molecule has 1 heterocycles. The van der Waals surface area contributed by atoms with Crippen molar-refractivity contribution in [3.8, 4) is 0 Å². The fourth-order valence-corrected chi connectivity index (χ4v) is 3.46. The molecule has 0 radical (unpaired) electrons. The van der Waals surface area contributed by atoms with Gasteiger partial charge < -0.3 is 16.0 Å². The quantitative estimate of drug-likeness (QED) is 0.710. The molecule has 0 spiro atoms. The zero-order chi connectivity index (χ0) is 20.2. The number of fused-ring (bicyclic) bond motifs is 1. The van der Waals surface area contributed by atoms with E-state index in [1.807, 2.05) is 71.6 Å². The van der Waals surface area contributed by atoms with Crippen LogP contribution in [0.1, 0.15) is 15.9 Å². The number of hydrogen-bond donors (Lipinski definition) is 2. The number of amides is 2. The highest BCUT2D eigenvalue weighted by atomic mass is 16.2. The van der Waals surface area contributed by atoms with Crippen LogP contribution in [0.15, 0.2) is 96.7 Å². The van der Waals surface area contributed by atoms with Crippen molar-refractivity contribution in [3.05, 3.63) is 108 Å². The smallest absolute Gasteiger partial charge is 0.253 e. The third-order valence-corrected chi connectivity index (χ3v) is 4.95. The molecule has 0 aliphatic carbocycles. The summed E-state index contributed by atoms with van der Waals surface area (Å²) in [6, 6.07) is 23.3. The van der Waals surface area contributed by atoms with Gasteiger partial charge in [-0.15, -0.1) is 0 Å². The van der Waals surface area contributed by atoms with Crippen LogP contribution in [0.4, 0.5) is 0 Å². The maximum absolute atomic E-state index is 13.1. The van der Waals surface area contributed by atoms with Crippen LogP contribution in [-0.2, 0) is 11.3 Å². The molecule has 1 aliphatic rings. The Balaban J connectivity index is 1.62. The van der Waals surface area contributed by atoms with E-state index in [4.69, 9.17) is 5.73 Å². The van der Waals surface area contributed by atoms with Crippen molar-refractivity contribution in [1.29, 1.82) is 0 Å². The van der Waals surface area contributed by atoms with E-state index in [1.54, 1.807) is 24.4 Å². The Morgan fingerprint density at radius 2 is 1.66 bits per heavy atom. The second-order valence-corrected chi connectivity index (χ2v) is 6.90. The summed E-state index contributed by atoms with van der Waals surface area (Å²) in [7, 11) is 0. The molecule has 4 rings (SSSR count). The Labute approximate surface area is 169 Å². The molecule has 0 bridgehead atoms. The van der Waals surface area contributed by atoms with Crippen molar-refractivity contribution in [2.45, 2.75) is 12.7 Å². The van der Waals surface area contributed by atoms with Crippen molar-refractivity contribution in [2.24, 2.45) is 5.73 Å². The predicted molar refractivity (Wildman–Crippen MR) is 114 cm³/mol. The number of nitrogens with zero attached hydrogens (tertiary/aromatic N) is 1. The molecule has 1 unspecified atom stereocenters. The van der Waals surface area contributed by atoms with Crippen molar-refractivity contribution >= 4 is 22.6 Å². The molecule has 1 aliphatic heterocycles. The zero-order valence-electron chi connectivity index (χ0n) is 15.8. The summed E-state index contributed by atoms with van der Waals surface area (Å²) in [5, 5.41) is 4.91. The van der Waals surface area contributed by atoms with Crippen LogP contribution in [0.5, 0.6) is 0 Å². The number of nitrogens with one attached hydrogen (secondary N) is 1. The first-order valence-electron chi connectivity index (χ1n) is 9.40. The highest BCUT2D eigenvalue weighted by Gasteiger charge is 2.22. The van der Waals surface area contributed by atoms with E-state index in [0.717, 1.165) is 16.3 Å². The number of nitrogens with two attached hydrogens (primary N) is 1. The lowest BCUT2D eigenvalue weighted by Crippen LogP contribution is -2.46. The van der Waals surface area contributed by atoms with Gasteiger partial charge in [0.05, 0.1) is 0 Å². The minimum absolute atomic E-state index is 0.208. The van der Waals surface area contributed by atoms with Gasteiger partial charge in [-0.1, -0.05) is 66.7 Å². The molecule has 3 N–H and O–H groups in total. The van der Waals surface area contributed by atoms with Crippen LogP contribution in [0.3, 0.4) is 0 Å². The average Bonchev–Trinajstić information content (AvgIpc) is 2.75. The van der Waals surface area contributed by atoms with Gasteiger partial charge in [-0.25, -0.2) is 0 Å². The first-order valence-corrected chi connectivity index (χ1v) is 9.40. The molecule has 29 heavy (non-hydrogen) atoms. The average molecular weight is 383 g/mol. The van der Waals surface area contributed by atoms with Crippen LogP contribution in [-0.4, -0.2) is 22.9 Å². The Hall–Kier alpha value is -3.86. The van der Waals surface area contributed by atoms with Crippen molar-refractivity contribution in [2.75, 3.05) is 0 Å². The number of carbonyl (C=O) groups excluding carboxylic acids is 2. The summed E-state index contributed by atoms with van der Waals surface area (Å²) in [6.45, 7) is 0.584.